The summed E-state index contributed by atoms with van der Waals surface area (Å²) in [5, 5.41) is 5.80. The molecule has 8 heteroatoms. The highest BCUT2D eigenvalue weighted by molar-refractivity contribution is 7.80. The monoisotopic (exact) mass is 416 g/mol. The molecule has 0 aliphatic carbocycles. The molecule has 0 saturated carbocycles. The summed E-state index contributed by atoms with van der Waals surface area (Å²) in [7, 11) is 0. The minimum Gasteiger partial charge on any atom is -0.337 e. The number of rotatable bonds is 8. The Kier molecular flexibility index (Phi) is 10.6. The fourth-order valence-electron chi connectivity index (χ4n) is 4.09. The average molecular weight is 417 g/mol. The molecule has 156 valence electrons. The number of piperidine rings is 2. The second kappa shape index (κ2) is 12.6. The van der Waals surface area contributed by atoms with Crippen molar-refractivity contribution in [3.63, 3.8) is 0 Å². The zero-order valence-electron chi connectivity index (χ0n) is 16.4. The molecule has 0 unspecified atom stereocenters. The Morgan fingerprint density at radius 3 is 1.44 bits per heavy atom. The number of carbonyl (C=O) groups excluding carboxylic acids is 2. The predicted molar refractivity (Wildman–Crippen MR) is 117 cm³/mol. The second-order valence-electron chi connectivity index (χ2n) is 7.70. The Morgan fingerprint density at radius 2 is 1.11 bits per heavy atom. The number of carbonyl (C=O) groups is 2. The van der Waals surface area contributed by atoms with Crippen molar-refractivity contribution in [2.24, 2.45) is 11.8 Å². The molecule has 0 radical (unpaired) electrons. The molecule has 2 aliphatic rings. The van der Waals surface area contributed by atoms with Crippen LogP contribution in [-0.4, -0.2) is 72.6 Å². The summed E-state index contributed by atoms with van der Waals surface area (Å²) < 4.78 is 0. The number of likely N-dealkylation sites (tertiary alicyclic amines) is 2. The van der Waals surface area contributed by atoms with Gasteiger partial charge in [-0.15, -0.1) is 0 Å². The van der Waals surface area contributed by atoms with E-state index >= 15 is 0 Å². The van der Waals surface area contributed by atoms with Crippen LogP contribution in [0.4, 0.5) is 9.59 Å². The fourth-order valence-corrected chi connectivity index (χ4v) is 4.32. The lowest BCUT2D eigenvalue weighted by atomic mass is 9.87. The van der Waals surface area contributed by atoms with E-state index in [9.17, 15) is 9.59 Å². The SMILES string of the molecule is O=C(NCCS)N1CCC(CCCC2CCN(C(=O)NCCS)CC2)CC1. The molecule has 2 saturated heterocycles. The first-order chi connectivity index (χ1) is 13.1. The largest absolute Gasteiger partial charge is 0.337 e. The van der Waals surface area contributed by atoms with Gasteiger partial charge in [-0.1, -0.05) is 19.3 Å². The minimum absolute atomic E-state index is 0.0627. The highest BCUT2D eigenvalue weighted by atomic mass is 32.1. The van der Waals surface area contributed by atoms with Gasteiger partial charge in [-0.25, -0.2) is 9.59 Å². The maximum Gasteiger partial charge on any atom is 0.317 e. The molecular formula is C19H36N4O2S2. The molecular weight excluding hydrogens is 380 g/mol. The van der Waals surface area contributed by atoms with Crippen molar-refractivity contribution in [1.29, 1.82) is 0 Å². The van der Waals surface area contributed by atoms with Gasteiger partial charge in [-0.05, 0) is 37.5 Å². The van der Waals surface area contributed by atoms with E-state index in [4.69, 9.17) is 0 Å². The number of amides is 4. The molecule has 0 bridgehead atoms. The maximum absolute atomic E-state index is 12.0. The zero-order valence-corrected chi connectivity index (χ0v) is 18.2. The summed E-state index contributed by atoms with van der Waals surface area (Å²) in [5.74, 6) is 2.88. The summed E-state index contributed by atoms with van der Waals surface area (Å²) >= 11 is 8.25. The van der Waals surface area contributed by atoms with E-state index in [1.54, 1.807) is 0 Å². The van der Waals surface area contributed by atoms with Crippen LogP contribution in [0.2, 0.25) is 0 Å². The van der Waals surface area contributed by atoms with Crippen LogP contribution in [0, 0.1) is 11.8 Å². The molecule has 2 rings (SSSR count). The Balaban J connectivity index is 1.54. The van der Waals surface area contributed by atoms with Crippen molar-refractivity contribution < 1.29 is 9.59 Å². The molecule has 2 N–H and O–H groups in total. The number of nitrogens with one attached hydrogen (secondary N) is 2. The van der Waals surface area contributed by atoms with Crippen LogP contribution >= 0.6 is 25.3 Å². The molecule has 0 aromatic rings. The van der Waals surface area contributed by atoms with Gasteiger partial charge in [-0.2, -0.15) is 25.3 Å². The third kappa shape index (κ3) is 8.02. The molecule has 2 aliphatic heterocycles. The highest BCUT2D eigenvalue weighted by Crippen LogP contribution is 2.27. The summed E-state index contributed by atoms with van der Waals surface area (Å²) in [5.41, 5.74) is 0. The van der Waals surface area contributed by atoms with E-state index in [1.807, 2.05) is 9.80 Å². The van der Waals surface area contributed by atoms with Crippen molar-refractivity contribution in [1.82, 2.24) is 20.4 Å². The van der Waals surface area contributed by atoms with Gasteiger partial charge in [0.25, 0.3) is 0 Å². The van der Waals surface area contributed by atoms with Gasteiger partial charge in [0.05, 0.1) is 0 Å². The summed E-state index contributed by atoms with van der Waals surface area (Å²) in [6.45, 7) is 4.78. The van der Waals surface area contributed by atoms with Crippen LogP contribution in [0.3, 0.4) is 0 Å². The van der Waals surface area contributed by atoms with Gasteiger partial charge in [-0.3, -0.25) is 0 Å². The zero-order chi connectivity index (χ0) is 19.5. The summed E-state index contributed by atoms with van der Waals surface area (Å²) in [6, 6.07) is 0.125. The lowest BCUT2D eigenvalue weighted by molar-refractivity contribution is 0.160. The first-order valence-electron chi connectivity index (χ1n) is 10.4. The Bertz CT molecular complexity index is 411. The lowest BCUT2D eigenvalue weighted by Gasteiger charge is -2.33. The first-order valence-corrected chi connectivity index (χ1v) is 11.7. The van der Waals surface area contributed by atoms with Gasteiger partial charge in [0.2, 0.25) is 0 Å². The van der Waals surface area contributed by atoms with E-state index in [0.717, 1.165) is 63.7 Å². The first kappa shape index (κ1) is 22.5. The van der Waals surface area contributed by atoms with Crippen molar-refractivity contribution in [2.75, 3.05) is 50.8 Å². The Morgan fingerprint density at radius 1 is 0.741 bits per heavy atom. The number of nitrogens with zero attached hydrogens (tertiary/aromatic N) is 2. The minimum atomic E-state index is 0.0627. The van der Waals surface area contributed by atoms with Crippen molar-refractivity contribution in [3.05, 3.63) is 0 Å². The van der Waals surface area contributed by atoms with Gasteiger partial charge >= 0.3 is 12.1 Å². The van der Waals surface area contributed by atoms with E-state index in [1.165, 1.54) is 19.3 Å². The van der Waals surface area contributed by atoms with Crippen LogP contribution in [-0.2, 0) is 0 Å². The summed E-state index contributed by atoms with van der Waals surface area (Å²) in [6.07, 6.45) is 8.31. The van der Waals surface area contributed by atoms with Gasteiger partial charge in [0.15, 0.2) is 0 Å². The standard InChI is InChI=1S/C19H36N4O2S2/c24-18(20-8-14-26)22-10-4-16(5-11-22)2-1-3-17-6-12-23(13-7-17)19(25)21-9-15-27/h16-17,26-27H,1-15H2,(H,20,24)(H,21,25). The molecule has 27 heavy (non-hydrogen) atoms. The van der Waals surface area contributed by atoms with E-state index in [2.05, 4.69) is 35.9 Å². The predicted octanol–water partition coefficient (Wildman–Crippen LogP) is 2.86. The highest BCUT2D eigenvalue weighted by Gasteiger charge is 2.24. The molecule has 2 fully saturated rings. The van der Waals surface area contributed by atoms with Gasteiger partial charge in [0, 0.05) is 50.8 Å². The quantitative estimate of drug-likeness (QED) is 0.460. The smallest absolute Gasteiger partial charge is 0.317 e. The maximum atomic E-state index is 12.0. The van der Waals surface area contributed by atoms with E-state index in [0.29, 0.717) is 24.6 Å². The fraction of sp³-hybridized carbons (Fsp3) is 0.895. The number of thiol groups is 2. The molecule has 6 nitrogen and oxygen atoms in total. The third-order valence-electron chi connectivity index (χ3n) is 5.80. The lowest BCUT2D eigenvalue weighted by Crippen LogP contribution is -2.45. The molecule has 4 amide bonds. The molecule has 0 spiro atoms. The van der Waals surface area contributed by atoms with Crippen molar-refractivity contribution >= 4 is 37.3 Å². The summed E-state index contributed by atoms with van der Waals surface area (Å²) in [4.78, 5) is 27.8. The van der Waals surface area contributed by atoms with Gasteiger partial charge < -0.3 is 20.4 Å². The van der Waals surface area contributed by atoms with Gasteiger partial charge in [0.1, 0.15) is 0 Å². The topological polar surface area (TPSA) is 64.7 Å². The van der Waals surface area contributed by atoms with Crippen LogP contribution in [0.1, 0.15) is 44.9 Å². The normalized spacial score (nSPS) is 19.2. The van der Waals surface area contributed by atoms with Crippen LogP contribution in [0.5, 0.6) is 0 Å². The Labute approximate surface area is 175 Å². The molecule has 0 aromatic heterocycles. The van der Waals surface area contributed by atoms with Crippen LogP contribution in [0.15, 0.2) is 0 Å². The second-order valence-corrected chi connectivity index (χ2v) is 8.60. The third-order valence-corrected chi connectivity index (χ3v) is 6.25. The number of urea groups is 2. The number of hydrogen-bond acceptors (Lipinski definition) is 4. The van der Waals surface area contributed by atoms with Crippen molar-refractivity contribution in [2.45, 2.75) is 44.9 Å². The Hall–Kier alpha value is -0.760. The van der Waals surface area contributed by atoms with Crippen LogP contribution in [0.25, 0.3) is 0 Å². The van der Waals surface area contributed by atoms with Crippen LogP contribution < -0.4 is 10.6 Å². The van der Waals surface area contributed by atoms with Crippen molar-refractivity contribution in [3.8, 4) is 0 Å². The molecule has 0 atom stereocenters. The molecule has 2 heterocycles. The number of hydrogen-bond donors (Lipinski definition) is 4. The van der Waals surface area contributed by atoms with E-state index < -0.39 is 0 Å². The van der Waals surface area contributed by atoms with E-state index in [-0.39, 0.29) is 12.1 Å². The molecule has 0 aromatic carbocycles. The average Bonchev–Trinajstić information content (AvgIpc) is 2.71.